The number of rotatable bonds is 4. The third kappa shape index (κ3) is 2.67. The van der Waals surface area contributed by atoms with Gasteiger partial charge in [0.2, 0.25) is 5.95 Å². The highest BCUT2D eigenvalue weighted by Gasteiger charge is 2.06. The summed E-state index contributed by atoms with van der Waals surface area (Å²) in [4.78, 5) is 7.82. The van der Waals surface area contributed by atoms with Crippen molar-refractivity contribution < 1.29 is 9.84 Å². The van der Waals surface area contributed by atoms with Gasteiger partial charge in [-0.05, 0) is 17.7 Å². The zero-order valence-electron chi connectivity index (χ0n) is 9.71. The maximum Gasteiger partial charge on any atom is 0.221 e. The van der Waals surface area contributed by atoms with E-state index in [1.807, 2.05) is 12.1 Å². The molecule has 0 atom stereocenters. The molecule has 0 amide bonds. The Morgan fingerprint density at radius 2 is 2.11 bits per heavy atom. The molecule has 6 nitrogen and oxygen atoms in total. The third-order valence-electron chi connectivity index (χ3n) is 2.34. The molecular formula is C12H14N4O2. The first-order valence-corrected chi connectivity index (χ1v) is 5.43. The Labute approximate surface area is 104 Å². The zero-order valence-corrected chi connectivity index (χ0v) is 9.71. The van der Waals surface area contributed by atoms with Gasteiger partial charge in [-0.25, -0.2) is 4.98 Å². The lowest BCUT2D eigenvalue weighted by Gasteiger charge is -2.08. The molecule has 0 unspecified atom stereocenters. The van der Waals surface area contributed by atoms with Crippen LogP contribution in [0.1, 0.15) is 0 Å². The monoisotopic (exact) mass is 246 g/mol. The summed E-state index contributed by atoms with van der Waals surface area (Å²) in [7, 11) is 0. The van der Waals surface area contributed by atoms with Crippen LogP contribution in [0.4, 0.5) is 11.8 Å². The van der Waals surface area contributed by atoms with Crippen LogP contribution in [-0.4, -0.2) is 28.3 Å². The fourth-order valence-corrected chi connectivity index (χ4v) is 1.55. The first-order valence-electron chi connectivity index (χ1n) is 5.43. The summed E-state index contributed by atoms with van der Waals surface area (Å²) in [6.45, 7) is 0.217. The number of hydrogen-bond donors (Lipinski definition) is 3. The van der Waals surface area contributed by atoms with Crippen molar-refractivity contribution in [2.24, 2.45) is 0 Å². The summed E-state index contributed by atoms with van der Waals surface area (Å²) < 4.78 is 5.32. The molecule has 6 heteroatoms. The summed E-state index contributed by atoms with van der Waals surface area (Å²) in [5, 5.41) is 8.71. The van der Waals surface area contributed by atoms with E-state index in [1.54, 1.807) is 18.3 Å². The third-order valence-corrected chi connectivity index (χ3v) is 2.34. The number of nitrogen functional groups attached to an aromatic ring is 2. The van der Waals surface area contributed by atoms with Gasteiger partial charge in [0, 0.05) is 11.8 Å². The van der Waals surface area contributed by atoms with Gasteiger partial charge in [0.25, 0.3) is 0 Å². The van der Waals surface area contributed by atoms with Crippen molar-refractivity contribution in [1.82, 2.24) is 9.97 Å². The van der Waals surface area contributed by atoms with Gasteiger partial charge in [0.1, 0.15) is 18.2 Å². The van der Waals surface area contributed by atoms with Crippen molar-refractivity contribution >= 4 is 11.8 Å². The lowest BCUT2D eigenvalue weighted by Crippen LogP contribution is -2.02. The minimum Gasteiger partial charge on any atom is -0.491 e. The molecule has 1 heterocycles. The Morgan fingerprint density at radius 3 is 2.83 bits per heavy atom. The predicted molar refractivity (Wildman–Crippen MR) is 68.9 cm³/mol. The van der Waals surface area contributed by atoms with E-state index in [0.717, 1.165) is 5.56 Å². The molecule has 0 aliphatic heterocycles. The fraction of sp³-hybridized carbons (Fsp3) is 0.167. The molecule has 0 saturated heterocycles. The van der Waals surface area contributed by atoms with E-state index < -0.39 is 0 Å². The van der Waals surface area contributed by atoms with Gasteiger partial charge in [0.15, 0.2) is 0 Å². The summed E-state index contributed by atoms with van der Waals surface area (Å²) in [6.07, 6.45) is 1.57. The van der Waals surface area contributed by atoms with Crippen LogP contribution in [0.2, 0.25) is 0 Å². The number of aliphatic hydroxyl groups is 1. The van der Waals surface area contributed by atoms with Crippen molar-refractivity contribution in [3.8, 4) is 16.9 Å². The smallest absolute Gasteiger partial charge is 0.221 e. The van der Waals surface area contributed by atoms with Crippen LogP contribution in [0.5, 0.6) is 5.75 Å². The minimum atomic E-state index is -0.0304. The first-order chi connectivity index (χ1) is 8.70. The molecule has 5 N–H and O–H groups in total. The second-order valence-corrected chi connectivity index (χ2v) is 3.63. The molecule has 0 bridgehead atoms. The van der Waals surface area contributed by atoms with E-state index in [4.69, 9.17) is 21.3 Å². The van der Waals surface area contributed by atoms with Gasteiger partial charge in [0.05, 0.1) is 6.61 Å². The van der Waals surface area contributed by atoms with E-state index >= 15 is 0 Å². The lowest BCUT2D eigenvalue weighted by atomic mass is 10.1. The normalized spacial score (nSPS) is 10.3. The van der Waals surface area contributed by atoms with Crippen LogP contribution >= 0.6 is 0 Å². The number of ether oxygens (including phenoxy) is 1. The van der Waals surface area contributed by atoms with Gasteiger partial charge < -0.3 is 21.3 Å². The van der Waals surface area contributed by atoms with Crippen molar-refractivity contribution in [3.05, 3.63) is 30.5 Å². The summed E-state index contributed by atoms with van der Waals surface area (Å²) in [6, 6.07) is 7.31. The average molecular weight is 246 g/mol. The highest BCUT2D eigenvalue weighted by molar-refractivity contribution is 5.74. The second kappa shape index (κ2) is 5.33. The molecule has 0 radical (unpaired) electrons. The second-order valence-electron chi connectivity index (χ2n) is 3.63. The maximum absolute atomic E-state index is 8.71. The molecule has 94 valence electrons. The molecule has 0 saturated carbocycles. The first kappa shape index (κ1) is 12.1. The van der Waals surface area contributed by atoms with E-state index in [2.05, 4.69) is 9.97 Å². The van der Waals surface area contributed by atoms with Crippen LogP contribution in [0.25, 0.3) is 11.1 Å². The quantitative estimate of drug-likeness (QED) is 0.732. The van der Waals surface area contributed by atoms with Crippen LogP contribution < -0.4 is 16.2 Å². The lowest BCUT2D eigenvalue weighted by molar-refractivity contribution is 0.201. The molecule has 2 aromatic rings. The van der Waals surface area contributed by atoms with Crippen molar-refractivity contribution in [2.45, 2.75) is 0 Å². The summed E-state index contributed by atoms with van der Waals surface area (Å²) in [5.74, 6) is 1.11. The molecule has 2 rings (SSSR count). The van der Waals surface area contributed by atoms with Crippen molar-refractivity contribution in [1.29, 1.82) is 0 Å². The molecule has 18 heavy (non-hydrogen) atoms. The molecule has 0 spiro atoms. The molecule has 0 aliphatic carbocycles. The van der Waals surface area contributed by atoms with Gasteiger partial charge in [-0.1, -0.05) is 12.1 Å². The van der Waals surface area contributed by atoms with E-state index in [0.29, 0.717) is 17.1 Å². The van der Waals surface area contributed by atoms with Gasteiger partial charge in [-0.15, -0.1) is 0 Å². The molecule has 1 aromatic carbocycles. The standard InChI is InChI=1S/C12H14N4O2/c13-11-10(7-15-12(14)16-11)8-2-1-3-9(6-8)18-5-4-17/h1-3,6-7,17H,4-5H2,(H4,13,14,15,16). The van der Waals surface area contributed by atoms with Crippen LogP contribution in [-0.2, 0) is 0 Å². The number of aliphatic hydroxyl groups excluding tert-OH is 1. The Balaban J connectivity index is 2.32. The Kier molecular flexibility index (Phi) is 3.59. The Morgan fingerprint density at radius 1 is 1.28 bits per heavy atom. The van der Waals surface area contributed by atoms with Gasteiger partial charge in [-0.3, -0.25) is 0 Å². The molecular weight excluding hydrogens is 232 g/mol. The molecule has 0 fully saturated rings. The van der Waals surface area contributed by atoms with E-state index in [-0.39, 0.29) is 19.2 Å². The summed E-state index contributed by atoms with van der Waals surface area (Å²) in [5.41, 5.74) is 12.8. The molecule has 0 aliphatic rings. The van der Waals surface area contributed by atoms with E-state index in [1.165, 1.54) is 0 Å². The van der Waals surface area contributed by atoms with Crippen LogP contribution in [0.15, 0.2) is 30.5 Å². The largest absolute Gasteiger partial charge is 0.491 e. The number of benzene rings is 1. The van der Waals surface area contributed by atoms with Crippen molar-refractivity contribution in [2.75, 3.05) is 24.7 Å². The Bertz CT molecular complexity index is 545. The van der Waals surface area contributed by atoms with Crippen molar-refractivity contribution in [3.63, 3.8) is 0 Å². The average Bonchev–Trinajstić information content (AvgIpc) is 2.36. The fourth-order valence-electron chi connectivity index (χ4n) is 1.55. The number of anilines is 2. The minimum absolute atomic E-state index is 0.0304. The van der Waals surface area contributed by atoms with Gasteiger partial charge >= 0.3 is 0 Å². The van der Waals surface area contributed by atoms with Crippen LogP contribution in [0, 0.1) is 0 Å². The van der Waals surface area contributed by atoms with Crippen LogP contribution in [0.3, 0.4) is 0 Å². The zero-order chi connectivity index (χ0) is 13.0. The van der Waals surface area contributed by atoms with Gasteiger partial charge in [-0.2, -0.15) is 4.98 Å². The maximum atomic E-state index is 8.71. The summed E-state index contributed by atoms with van der Waals surface area (Å²) >= 11 is 0. The highest BCUT2D eigenvalue weighted by atomic mass is 16.5. The highest BCUT2D eigenvalue weighted by Crippen LogP contribution is 2.27. The topological polar surface area (TPSA) is 107 Å². The number of aromatic nitrogens is 2. The van der Waals surface area contributed by atoms with E-state index in [9.17, 15) is 0 Å². The molecule has 1 aromatic heterocycles. The number of nitrogens with zero attached hydrogens (tertiary/aromatic N) is 2. The number of hydrogen-bond acceptors (Lipinski definition) is 6. The number of nitrogens with two attached hydrogens (primary N) is 2. The SMILES string of the molecule is Nc1ncc(-c2cccc(OCCO)c2)c(N)n1. The predicted octanol–water partition coefficient (Wildman–Crippen LogP) is 0.679. The Hall–Kier alpha value is -2.34.